The molecule has 0 aromatic heterocycles. The van der Waals surface area contributed by atoms with Gasteiger partial charge in [0, 0.05) is 6.04 Å². The van der Waals surface area contributed by atoms with Gasteiger partial charge in [0.2, 0.25) is 0 Å². The molecule has 0 aliphatic heterocycles. The van der Waals surface area contributed by atoms with Crippen LogP contribution in [0.1, 0.15) is 52.9 Å². The Morgan fingerprint density at radius 2 is 2.05 bits per heavy atom. The predicted molar refractivity (Wildman–Crippen MR) is 78.2 cm³/mol. The molecule has 1 saturated carbocycles. The van der Waals surface area contributed by atoms with Crippen molar-refractivity contribution in [2.24, 2.45) is 0 Å². The molecule has 0 saturated heterocycles. The lowest BCUT2D eigenvalue weighted by Gasteiger charge is -2.28. The molecule has 1 aliphatic carbocycles. The molecule has 1 N–H and O–H groups in total. The van der Waals surface area contributed by atoms with Crippen molar-refractivity contribution in [3.05, 3.63) is 0 Å². The third kappa shape index (κ3) is 5.11. The molecule has 0 aromatic carbocycles. The summed E-state index contributed by atoms with van der Waals surface area (Å²) >= 11 is 0. The number of carbonyl (C=O) groups excluding carboxylic acids is 1. The van der Waals surface area contributed by atoms with Gasteiger partial charge in [-0.1, -0.05) is 13.8 Å². The number of methoxy groups -OCH3 is 1. The van der Waals surface area contributed by atoms with Crippen LogP contribution in [0.4, 0.5) is 0 Å². The summed E-state index contributed by atoms with van der Waals surface area (Å²) in [4.78, 5) is 14.4. The van der Waals surface area contributed by atoms with Gasteiger partial charge in [-0.2, -0.15) is 0 Å². The van der Waals surface area contributed by atoms with E-state index in [1.807, 2.05) is 13.8 Å². The molecular weight excluding hydrogens is 240 g/mol. The Bertz CT molecular complexity index is 279. The van der Waals surface area contributed by atoms with E-state index in [1.54, 1.807) is 0 Å². The second-order valence-corrected chi connectivity index (χ2v) is 5.67. The second-order valence-electron chi connectivity index (χ2n) is 5.67. The van der Waals surface area contributed by atoms with Crippen molar-refractivity contribution in [2.45, 2.75) is 64.5 Å². The Balaban J connectivity index is 2.29. The fraction of sp³-hybridized carbons (Fsp3) is 0.933. The molecule has 0 radical (unpaired) electrons. The van der Waals surface area contributed by atoms with E-state index in [0.717, 1.165) is 44.9 Å². The molecule has 1 rings (SSSR count). The quantitative estimate of drug-likeness (QED) is 0.488. The highest BCUT2D eigenvalue weighted by Crippen LogP contribution is 2.27. The molecule has 19 heavy (non-hydrogen) atoms. The van der Waals surface area contributed by atoms with Gasteiger partial charge in [-0.15, -0.1) is 0 Å². The first-order chi connectivity index (χ1) is 9.07. The van der Waals surface area contributed by atoms with E-state index in [-0.39, 0.29) is 5.97 Å². The monoisotopic (exact) mass is 270 g/mol. The second kappa shape index (κ2) is 7.85. The molecule has 112 valence electrons. The Hall–Kier alpha value is -0.610. The number of esters is 1. The summed E-state index contributed by atoms with van der Waals surface area (Å²) in [7, 11) is 1.46. The van der Waals surface area contributed by atoms with E-state index in [4.69, 9.17) is 4.74 Å². The number of hydrogen-bond acceptors (Lipinski definition) is 4. The van der Waals surface area contributed by atoms with Gasteiger partial charge in [-0.25, -0.2) is 0 Å². The van der Waals surface area contributed by atoms with Crippen molar-refractivity contribution < 1.29 is 9.53 Å². The summed E-state index contributed by atoms with van der Waals surface area (Å²) in [6.45, 7) is 9.29. The molecule has 4 nitrogen and oxygen atoms in total. The van der Waals surface area contributed by atoms with Gasteiger partial charge in [0.1, 0.15) is 5.54 Å². The largest absolute Gasteiger partial charge is 0.468 e. The summed E-state index contributed by atoms with van der Waals surface area (Å²) in [5.41, 5.74) is -0.528. The van der Waals surface area contributed by atoms with Crippen LogP contribution in [-0.2, 0) is 9.53 Å². The summed E-state index contributed by atoms with van der Waals surface area (Å²) in [5, 5.41) is 3.26. The van der Waals surface area contributed by atoms with E-state index in [1.165, 1.54) is 20.0 Å². The van der Waals surface area contributed by atoms with Crippen LogP contribution in [-0.4, -0.2) is 49.2 Å². The number of likely N-dealkylation sites (N-methyl/N-ethyl adjacent to an activating group) is 1. The highest BCUT2D eigenvalue weighted by molar-refractivity contribution is 5.80. The number of hydrogen-bond donors (Lipinski definition) is 1. The minimum absolute atomic E-state index is 0.149. The maximum atomic E-state index is 11.8. The Morgan fingerprint density at radius 3 is 2.53 bits per heavy atom. The van der Waals surface area contributed by atoms with Crippen LogP contribution < -0.4 is 5.32 Å². The van der Waals surface area contributed by atoms with Gasteiger partial charge in [0.25, 0.3) is 0 Å². The number of carbonyl (C=O) groups is 1. The van der Waals surface area contributed by atoms with Crippen LogP contribution in [0.5, 0.6) is 0 Å². The molecule has 1 fully saturated rings. The fourth-order valence-corrected chi connectivity index (χ4v) is 2.71. The van der Waals surface area contributed by atoms with Crippen molar-refractivity contribution in [1.29, 1.82) is 0 Å². The lowest BCUT2D eigenvalue weighted by atomic mass is 9.94. The van der Waals surface area contributed by atoms with E-state index in [0.29, 0.717) is 0 Å². The molecule has 1 atom stereocenters. The molecule has 0 aromatic rings. The lowest BCUT2D eigenvalue weighted by molar-refractivity contribution is -0.148. The average molecular weight is 270 g/mol. The first-order valence-corrected chi connectivity index (χ1v) is 7.64. The zero-order chi connectivity index (χ0) is 14.3. The molecule has 0 amide bonds. The van der Waals surface area contributed by atoms with Gasteiger partial charge < -0.3 is 15.0 Å². The van der Waals surface area contributed by atoms with E-state index in [9.17, 15) is 4.79 Å². The van der Waals surface area contributed by atoms with Gasteiger partial charge >= 0.3 is 5.97 Å². The molecule has 0 heterocycles. The number of ether oxygens (including phenoxy) is 1. The predicted octanol–water partition coefficient (Wildman–Crippen LogP) is 2.18. The van der Waals surface area contributed by atoms with Gasteiger partial charge in [0.05, 0.1) is 7.11 Å². The molecule has 0 spiro atoms. The van der Waals surface area contributed by atoms with Crippen molar-refractivity contribution in [3.63, 3.8) is 0 Å². The topological polar surface area (TPSA) is 41.6 Å². The third-order valence-corrected chi connectivity index (χ3v) is 4.04. The summed E-state index contributed by atoms with van der Waals surface area (Å²) < 4.78 is 4.90. The molecular formula is C15H30N2O2. The van der Waals surface area contributed by atoms with E-state index in [2.05, 4.69) is 17.1 Å². The van der Waals surface area contributed by atoms with Gasteiger partial charge in [-0.05, 0) is 58.7 Å². The lowest BCUT2D eigenvalue weighted by Crippen LogP contribution is -2.50. The van der Waals surface area contributed by atoms with Crippen LogP contribution >= 0.6 is 0 Å². The average Bonchev–Trinajstić information content (AvgIpc) is 3.22. The Kier molecular flexibility index (Phi) is 6.80. The summed E-state index contributed by atoms with van der Waals surface area (Å²) in [6.07, 6.45) is 5.79. The van der Waals surface area contributed by atoms with E-state index < -0.39 is 5.54 Å². The summed E-state index contributed by atoms with van der Waals surface area (Å²) in [5.74, 6) is -0.149. The van der Waals surface area contributed by atoms with Gasteiger partial charge in [-0.3, -0.25) is 4.79 Å². The van der Waals surface area contributed by atoms with Crippen LogP contribution in [0.2, 0.25) is 0 Å². The SMILES string of the molecule is CCNC(C)(CCCCN(CC)C1CC1)C(=O)OC. The number of nitrogens with one attached hydrogen (secondary N) is 1. The highest BCUT2D eigenvalue weighted by Gasteiger charge is 2.33. The van der Waals surface area contributed by atoms with E-state index >= 15 is 0 Å². The summed E-state index contributed by atoms with van der Waals surface area (Å²) in [6, 6.07) is 0.839. The first-order valence-electron chi connectivity index (χ1n) is 7.64. The maximum Gasteiger partial charge on any atom is 0.325 e. The van der Waals surface area contributed by atoms with Crippen LogP contribution in [0.3, 0.4) is 0 Å². The number of rotatable bonds is 10. The van der Waals surface area contributed by atoms with Crippen molar-refractivity contribution in [2.75, 3.05) is 26.7 Å². The molecule has 1 aliphatic rings. The maximum absolute atomic E-state index is 11.8. The number of nitrogens with zero attached hydrogens (tertiary/aromatic N) is 1. The third-order valence-electron chi connectivity index (χ3n) is 4.04. The van der Waals surface area contributed by atoms with Gasteiger partial charge in [0.15, 0.2) is 0 Å². The zero-order valence-electron chi connectivity index (χ0n) is 13.0. The Morgan fingerprint density at radius 1 is 1.37 bits per heavy atom. The van der Waals surface area contributed by atoms with Crippen LogP contribution in [0.15, 0.2) is 0 Å². The molecule has 0 bridgehead atoms. The minimum atomic E-state index is -0.528. The smallest absolute Gasteiger partial charge is 0.325 e. The fourth-order valence-electron chi connectivity index (χ4n) is 2.71. The van der Waals surface area contributed by atoms with Crippen molar-refractivity contribution in [3.8, 4) is 0 Å². The van der Waals surface area contributed by atoms with Crippen LogP contribution in [0, 0.1) is 0 Å². The normalized spacial score (nSPS) is 18.4. The van der Waals surface area contributed by atoms with Crippen molar-refractivity contribution >= 4 is 5.97 Å². The minimum Gasteiger partial charge on any atom is -0.468 e. The zero-order valence-corrected chi connectivity index (χ0v) is 13.0. The standard InChI is InChI=1S/C15H30N2O2/c1-5-16-15(3,14(18)19-4)11-7-8-12-17(6-2)13-9-10-13/h13,16H,5-12H2,1-4H3. The first kappa shape index (κ1) is 16.4. The molecule has 4 heteroatoms. The highest BCUT2D eigenvalue weighted by atomic mass is 16.5. The van der Waals surface area contributed by atoms with Crippen molar-refractivity contribution in [1.82, 2.24) is 10.2 Å². The number of unbranched alkanes of at least 4 members (excludes halogenated alkanes) is 1. The van der Waals surface area contributed by atoms with Crippen LogP contribution in [0.25, 0.3) is 0 Å². The Labute approximate surface area is 117 Å². The molecule has 1 unspecified atom stereocenters.